The first-order valence-electron chi connectivity index (χ1n) is 3.46. The van der Waals surface area contributed by atoms with Crippen LogP contribution in [-0.2, 0) is 0 Å². The summed E-state index contributed by atoms with van der Waals surface area (Å²) in [7, 11) is 0. The van der Waals surface area contributed by atoms with Crippen molar-refractivity contribution in [1.82, 2.24) is 9.97 Å². The highest BCUT2D eigenvalue weighted by Crippen LogP contribution is 2.08. The van der Waals surface area contributed by atoms with Crippen LogP contribution in [0.4, 0.5) is 5.95 Å². The van der Waals surface area contributed by atoms with E-state index in [0.29, 0.717) is 12.5 Å². The molecule has 4 heteroatoms. The Balaban J connectivity index is 2.89. The minimum absolute atomic E-state index is 0.258. The topological polar surface area (TPSA) is 61.0 Å². The zero-order chi connectivity index (χ0) is 8.27. The molecule has 1 aromatic rings. The van der Waals surface area contributed by atoms with Gasteiger partial charge in [-0.15, -0.1) is 0 Å². The average molecular weight is 153 g/mol. The number of aryl methyl sites for hydroxylation is 1. The summed E-state index contributed by atoms with van der Waals surface area (Å²) in [6, 6.07) is 1.75. The predicted molar refractivity (Wildman–Crippen MR) is 42.4 cm³/mol. The summed E-state index contributed by atoms with van der Waals surface area (Å²) in [4.78, 5) is 7.77. The molecule has 1 rings (SSSR count). The summed E-state index contributed by atoms with van der Waals surface area (Å²) in [6.07, 6.45) is 0. The van der Waals surface area contributed by atoms with Crippen molar-refractivity contribution < 1.29 is 4.74 Å². The molecule has 11 heavy (non-hydrogen) atoms. The monoisotopic (exact) mass is 153 g/mol. The van der Waals surface area contributed by atoms with E-state index in [9.17, 15) is 0 Å². The van der Waals surface area contributed by atoms with Crippen molar-refractivity contribution in [1.29, 1.82) is 0 Å². The van der Waals surface area contributed by atoms with Crippen LogP contribution in [0, 0.1) is 6.92 Å². The van der Waals surface area contributed by atoms with Crippen LogP contribution in [0.1, 0.15) is 12.6 Å². The van der Waals surface area contributed by atoms with Gasteiger partial charge in [-0.1, -0.05) is 0 Å². The van der Waals surface area contributed by atoms with E-state index < -0.39 is 0 Å². The molecule has 0 unspecified atom stereocenters. The fourth-order valence-corrected chi connectivity index (χ4v) is 0.784. The number of rotatable bonds is 2. The number of aromatic nitrogens is 2. The lowest BCUT2D eigenvalue weighted by Gasteiger charge is -2.02. The molecule has 1 heterocycles. The molecule has 0 fully saturated rings. The van der Waals surface area contributed by atoms with Crippen LogP contribution in [0.3, 0.4) is 0 Å². The zero-order valence-electron chi connectivity index (χ0n) is 6.66. The van der Waals surface area contributed by atoms with E-state index in [4.69, 9.17) is 10.5 Å². The van der Waals surface area contributed by atoms with Gasteiger partial charge in [-0.05, 0) is 13.8 Å². The normalized spacial score (nSPS) is 9.64. The third-order valence-electron chi connectivity index (χ3n) is 1.14. The van der Waals surface area contributed by atoms with Gasteiger partial charge in [0.1, 0.15) is 0 Å². The molecule has 1 aromatic heterocycles. The molecular weight excluding hydrogens is 142 g/mol. The third kappa shape index (κ3) is 2.07. The van der Waals surface area contributed by atoms with Crippen molar-refractivity contribution in [2.75, 3.05) is 12.3 Å². The first kappa shape index (κ1) is 7.78. The second-order valence-electron chi connectivity index (χ2n) is 2.14. The van der Waals surface area contributed by atoms with Crippen LogP contribution in [0.25, 0.3) is 0 Å². The summed E-state index contributed by atoms with van der Waals surface area (Å²) in [5.74, 6) is 0.797. The van der Waals surface area contributed by atoms with Gasteiger partial charge < -0.3 is 10.5 Å². The average Bonchev–Trinajstić information content (AvgIpc) is 1.85. The molecular formula is C7H11N3O. The van der Waals surface area contributed by atoms with Gasteiger partial charge in [-0.25, -0.2) is 4.98 Å². The molecule has 0 atom stereocenters. The Bertz CT molecular complexity index is 229. The Morgan fingerprint density at radius 1 is 1.55 bits per heavy atom. The highest BCUT2D eigenvalue weighted by atomic mass is 16.5. The Hall–Kier alpha value is -1.32. The van der Waals surface area contributed by atoms with Gasteiger partial charge in [0.05, 0.1) is 6.61 Å². The van der Waals surface area contributed by atoms with E-state index in [1.54, 1.807) is 6.07 Å². The molecule has 0 aliphatic heterocycles. The number of nitrogens with zero attached hydrogens (tertiary/aromatic N) is 2. The van der Waals surface area contributed by atoms with Crippen molar-refractivity contribution >= 4 is 5.95 Å². The van der Waals surface area contributed by atoms with Gasteiger partial charge >= 0.3 is 0 Å². The van der Waals surface area contributed by atoms with Crippen molar-refractivity contribution in [2.45, 2.75) is 13.8 Å². The Labute approximate surface area is 65.4 Å². The van der Waals surface area contributed by atoms with Crippen LogP contribution in [0.2, 0.25) is 0 Å². The first-order valence-corrected chi connectivity index (χ1v) is 3.46. The Morgan fingerprint density at radius 2 is 2.27 bits per heavy atom. The van der Waals surface area contributed by atoms with Gasteiger partial charge in [-0.2, -0.15) is 4.98 Å². The molecule has 0 aromatic carbocycles. The van der Waals surface area contributed by atoms with Gasteiger partial charge in [0.25, 0.3) is 0 Å². The smallest absolute Gasteiger partial charge is 0.223 e. The Kier molecular flexibility index (Phi) is 2.25. The van der Waals surface area contributed by atoms with Crippen LogP contribution in [-0.4, -0.2) is 16.6 Å². The third-order valence-corrected chi connectivity index (χ3v) is 1.14. The second kappa shape index (κ2) is 3.18. The van der Waals surface area contributed by atoms with Crippen LogP contribution in [0.5, 0.6) is 5.88 Å². The van der Waals surface area contributed by atoms with Crippen LogP contribution < -0.4 is 10.5 Å². The molecule has 0 radical (unpaired) electrons. The fourth-order valence-electron chi connectivity index (χ4n) is 0.784. The summed E-state index contributed by atoms with van der Waals surface area (Å²) < 4.78 is 5.14. The quantitative estimate of drug-likeness (QED) is 0.681. The second-order valence-corrected chi connectivity index (χ2v) is 2.14. The number of anilines is 1. The first-order chi connectivity index (χ1) is 5.22. The number of hydrogen-bond donors (Lipinski definition) is 1. The molecule has 0 saturated heterocycles. The standard InChI is InChI=1S/C7H11N3O/c1-3-11-6-4-5(2)9-7(8)10-6/h4H,3H2,1-2H3,(H2,8,9,10). The highest BCUT2D eigenvalue weighted by Gasteiger charge is 1.97. The number of nitrogens with two attached hydrogens (primary N) is 1. The largest absolute Gasteiger partial charge is 0.478 e. The summed E-state index contributed by atoms with van der Waals surface area (Å²) in [6.45, 7) is 4.34. The summed E-state index contributed by atoms with van der Waals surface area (Å²) >= 11 is 0. The lowest BCUT2D eigenvalue weighted by Crippen LogP contribution is -2.01. The maximum Gasteiger partial charge on any atom is 0.223 e. The molecule has 0 bridgehead atoms. The minimum Gasteiger partial charge on any atom is -0.478 e. The maximum absolute atomic E-state index is 5.39. The van der Waals surface area contributed by atoms with E-state index in [-0.39, 0.29) is 5.95 Å². The highest BCUT2D eigenvalue weighted by molar-refractivity contribution is 5.25. The summed E-state index contributed by atoms with van der Waals surface area (Å²) in [5, 5.41) is 0. The van der Waals surface area contributed by atoms with Gasteiger partial charge in [0.2, 0.25) is 11.8 Å². The molecule has 0 saturated carbocycles. The van der Waals surface area contributed by atoms with E-state index in [1.165, 1.54) is 0 Å². The Morgan fingerprint density at radius 3 is 2.82 bits per heavy atom. The predicted octanol–water partition coefficient (Wildman–Crippen LogP) is 0.766. The fraction of sp³-hybridized carbons (Fsp3) is 0.429. The van der Waals surface area contributed by atoms with E-state index >= 15 is 0 Å². The van der Waals surface area contributed by atoms with E-state index in [0.717, 1.165) is 5.69 Å². The number of nitrogen functional groups attached to an aromatic ring is 1. The molecule has 60 valence electrons. The van der Waals surface area contributed by atoms with Crippen LogP contribution in [0.15, 0.2) is 6.07 Å². The van der Waals surface area contributed by atoms with Crippen molar-refractivity contribution in [3.05, 3.63) is 11.8 Å². The maximum atomic E-state index is 5.39. The minimum atomic E-state index is 0.258. The zero-order valence-corrected chi connectivity index (χ0v) is 6.66. The molecule has 4 nitrogen and oxygen atoms in total. The number of ether oxygens (including phenoxy) is 1. The van der Waals surface area contributed by atoms with E-state index in [2.05, 4.69) is 9.97 Å². The molecule has 0 aliphatic carbocycles. The van der Waals surface area contributed by atoms with Gasteiger partial charge in [0.15, 0.2) is 0 Å². The molecule has 0 spiro atoms. The van der Waals surface area contributed by atoms with Crippen molar-refractivity contribution in [3.63, 3.8) is 0 Å². The SMILES string of the molecule is CCOc1cc(C)nc(N)n1. The molecule has 2 N–H and O–H groups in total. The lowest BCUT2D eigenvalue weighted by atomic mass is 10.4. The van der Waals surface area contributed by atoms with Crippen molar-refractivity contribution in [3.8, 4) is 5.88 Å². The van der Waals surface area contributed by atoms with Crippen LogP contribution >= 0.6 is 0 Å². The van der Waals surface area contributed by atoms with Crippen molar-refractivity contribution in [2.24, 2.45) is 0 Å². The number of hydrogen-bond acceptors (Lipinski definition) is 4. The molecule has 0 aliphatic rings. The summed E-state index contributed by atoms with van der Waals surface area (Å²) in [5.41, 5.74) is 6.21. The van der Waals surface area contributed by atoms with E-state index in [1.807, 2.05) is 13.8 Å². The lowest BCUT2D eigenvalue weighted by molar-refractivity contribution is 0.326. The van der Waals surface area contributed by atoms with Gasteiger partial charge in [-0.3, -0.25) is 0 Å². The van der Waals surface area contributed by atoms with Gasteiger partial charge in [0, 0.05) is 11.8 Å². The molecule has 0 amide bonds.